The molecule has 1 saturated heterocycles. The maximum Gasteiger partial charge on any atom is 0.207 e. The lowest BCUT2D eigenvalue weighted by atomic mass is 10.2. The van der Waals surface area contributed by atoms with Gasteiger partial charge in [-0.3, -0.25) is 4.57 Å². The smallest absolute Gasteiger partial charge is 0.207 e. The van der Waals surface area contributed by atoms with Gasteiger partial charge in [0.2, 0.25) is 5.28 Å². The highest BCUT2D eigenvalue weighted by molar-refractivity contribution is 6.29. The van der Waals surface area contributed by atoms with E-state index in [2.05, 4.69) is 15.0 Å². The molecule has 0 radical (unpaired) electrons. The molecular formula is C10H12ClN5O2. The van der Waals surface area contributed by atoms with Crippen LogP contribution in [0.3, 0.4) is 0 Å². The van der Waals surface area contributed by atoms with Crippen LogP contribution in [0.25, 0.3) is 11.2 Å². The van der Waals surface area contributed by atoms with Crippen LogP contribution in [0.4, 0.5) is 5.82 Å². The second-order valence-electron chi connectivity index (χ2n) is 4.15. The number of hydrogen-bond donors (Lipinski definition) is 2. The zero-order chi connectivity index (χ0) is 12.7. The fraction of sp³-hybridized carbons (Fsp3) is 0.500. The Morgan fingerprint density at radius 1 is 1.50 bits per heavy atom. The van der Waals surface area contributed by atoms with Crippen molar-refractivity contribution >= 4 is 28.6 Å². The molecule has 3 heterocycles. The van der Waals surface area contributed by atoms with E-state index in [1.807, 2.05) is 0 Å². The van der Waals surface area contributed by atoms with Crippen molar-refractivity contribution < 1.29 is 9.84 Å². The Morgan fingerprint density at radius 3 is 3.06 bits per heavy atom. The van der Waals surface area contributed by atoms with Crippen LogP contribution in [0.2, 0.25) is 5.28 Å². The average molecular weight is 270 g/mol. The number of imidazole rings is 1. The Morgan fingerprint density at radius 2 is 2.33 bits per heavy atom. The van der Waals surface area contributed by atoms with Crippen molar-refractivity contribution in [1.29, 1.82) is 0 Å². The summed E-state index contributed by atoms with van der Waals surface area (Å²) in [5, 5.41) is 9.34. The van der Waals surface area contributed by atoms with Crippen molar-refractivity contribution in [3.63, 3.8) is 0 Å². The summed E-state index contributed by atoms with van der Waals surface area (Å²) in [7, 11) is 0. The van der Waals surface area contributed by atoms with Crippen LogP contribution in [-0.2, 0) is 4.74 Å². The number of aromatic nitrogens is 4. The van der Waals surface area contributed by atoms with Crippen molar-refractivity contribution in [1.82, 2.24) is 19.5 Å². The largest absolute Gasteiger partial charge is 0.394 e. The summed E-state index contributed by atoms with van der Waals surface area (Å²) >= 11 is 6.10. The second kappa shape index (κ2) is 4.34. The van der Waals surface area contributed by atoms with Crippen LogP contribution in [0.5, 0.6) is 0 Å². The Hall–Kier alpha value is -1.44. The first kappa shape index (κ1) is 11.6. The molecule has 0 unspecified atom stereocenters. The fourth-order valence-electron chi connectivity index (χ4n) is 2.17. The Balaban J connectivity index is 2.07. The van der Waals surface area contributed by atoms with Crippen LogP contribution in [0.1, 0.15) is 19.1 Å². The molecule has 0 amide bonds. The molecule has 3 rings (SSSR count). The summed E-state index contributed by atoms with van der Waals surface area (Å²) in [5.74, 6) is 0.289. The summed E-state index contributed by atoms with van der Waals surface area (Å²) in [6, 6.07) is 0. The van der Waals surface area contributed by atoms with Gasteiger partial charge in [0, 0.05) is 0 Å². The third-order valence-corrected chi connectivity index (χ3v) is 3.31. The molecule has 2 aromatic heterocycles. The molecule has 0 spiro atoms. The normalized spacial score (nSPS) is 23.9. The number of nitrogens with zero attached hydrogens (tertiary/aromatic N) is 4. The molecule has 8 heteroatoms. The van der Waals surface area contributed by atoms with Gasteiger partial charge in [-0.1, -0.05) is 0 Å². The zero-order valence-corrected chi connectivity index (χ0v) is 10.2. The first-order valence-electron chi connectivity index (χ1n) is 5.61. The van der Waals surface area contributed by atoms with Gasteiger partial charge in [-0.25, -0.2) is 15.0 Å². The quantitative estimate of drug-likeness (QED) is 0.780. The van der Waals surface area contributed by atoms with Crippen molar-refractivity contribution in [2.45, 2.75) is 25.2 Å². The summed E-state index contributed by atoms with van der Waals surface area (Å²) in [6.07, 6.45) is 2.46. The molecule has 0 aromatic carbocycles. The van der Waals surface area contributed by atoms with Gasteiger partial charge in [0.05, 0.1) is 12.7 Å². The Kier molecular flexibility index (Phi) is 2.81. The van der Waals surface area contributed by atoms with E-state index >= 15 is 0 Å². The third kappa shape index (κ3) is 1.71. The maximum atomic E-state index is 9.08. The predicted octanol–water partition coefficient (Wildman–Crippen LogP) is 0.732. The highest BCUT2D eigenvalue weighted by atomic mass is 35.5. The number of fused-ring (bicyclic) bond motifs is 1. The molecule has 18 heavy (non-hydrogen) atoms. The second-order valence-corrected chi connectivity index (χ2v) is 4.49. The van der Waals surface area contributed by atoms with Crippen molar-refractivity contribution in [3.8, 4) is 0 Å². The summed E-state index contributed by atoms with van der Waals surface area (Å²) in [5.41, 5.74) is 6.75. The van der Waals surface area contributed by atoms with Crippen LogP contribution in [-0.4, -0.2) is 37.3 Å². The lowest BCUT2D eigenvalue weighted by molar-refractivity contribution is -0.0205. The molecule has 1 aliphatic heterocycles. The molecule has 0 aliphatic carbocycles. The van der Waals surface area contributed by atoms with E-state index < -0.39 is 0 Å². The van der Waals surface area contributed by atoms with Gasteiger partial charge in [0.15, 0.2) is 17.0 Å². The third-order valence-electron chi connectivity index (χ3n) is 3.04. The van der Waals surface area contributed by atoms with E-state index in [0.717, 1.165) is 12.8 Å². The zero-order valence-electron chi connectivity index (χ0n) is 9.45. The van der Waals surface area contributed by atoms with Gasteiger partial charge in [-0.2, -0.15) is 0 Å². The Bertz CT molecular complexity index is 587. The average Bonchev–Trinajstić information content (AvgIpc) is 2.93. The molecule has 0 saturated carbocycles. The minimum absolute atomic E-state index is 0.00211. The first-order chi connectivity index (χ1) is 8.70. The molecule has 2 aromatic rings. The molecule has 1 aliphatic rings. The monoisotopic (exact) mass is 269 g/mol. The van der Waals surface area contributed by atoms with Gasteiger partial charge in [-0.05, 0) is 24.4 Å². The molecule has 2 atom stereocenters. The van der Waals surface area contributed by atoms with Crippen LogP contribution < -0.4 is 5.73 Å². The number of ether oxygens (including phenoxy) is 1. The Labute approximate surface area is 108 Å². The number of anilines is 1. The van der Waals surface area contributed by atoms with Crippen LogP contribution in [0.15, 0.2) is 6.33 Å². The number of rotatable bonds is 2. The van der Waals surface area contributed by atoms with Crippen molar-refractivity contribution in [2.75, 3.05) is 12.3 Å². The molecule has 0 bridgehead atoms. The highest BCUT2D eigenvalue weighted by Gasteiger charge is 2.29. The highest BCUT2D eigenvalue weighted by Crippen LogP contribution is 2.33. The van der Waals surface area contributed by atoms with E-state index in [4.69, 9.17) is 27.2 Å². The van der Waals surface area contributed by atoms with E-state index in [1.54, 1.807) is 4.57 Å². The predicted molar refractivity (Wildman–Crippen MR) is 65.0 cm³/mol. The topological polar surface area (TPSA) is 99.1 Å². The SMILES string of the molecule is Nc1ncnc2c1nc(Cl)n2[C@H]1CC[C@@H](CO)O1. The standard InChI is InChI=1S/C10H12ClN5O2/c11-10-15-7-8(12)13-4-14-9(7)16(10)6-2-1-5(3-17)18-6/h4-6,17H,1-3H2,(H2,12,13,14)/t5-,6+/m0/s1. The fourth-order valence-corrected chi connectivity index (χ4v) is 2.44. The van der Waals surface area contributed by atoms with E-state index in [0.29, 0.717) is 11.2 Å². The van der Waals surface area contributed by atoms with Gasteiger partial charge in [0.25, 0.3) is 0 Å². The van der Waals surface area contributed by atoms with Gasteiger partial charge in [-0.15, -0.1) is 0 Å². The lowest BCUT2D eigenvalue weighted by Gasteiger charge is -2.14. The van der Waals surface area contributed by atoms with Gasteiger partial charge in [0.1, 0.15) is 12.6 Å². The number of nitrogen functional groups attached to an aromatic ring is 1. The first-order valence-corrected chi connectivity index (χ1v) is 5.98. The number of aliphatic hydroxyl groups excluding tert-OH is 1. The number of nitrogens with two attached hydrogens (primary N) is 1. The number of aliphatic hydroxyl groups is 1. The summed E-state index contributed by atoms with van der Waals surface area (Å²) in [4.78, 5) is 12.2. The molecular weight excluding hydrogens is 258 g/mol. The minimum Gasteiger partial charge on any atom is -0.394 e. The molecule has 1 fully saturated rings. The lowest BCUT2D eigenvalue weighted by Crippen LogP contribution is -2.14. The summed E-state index contributed by atoms with van der Waals surface area (Å²) in [6.45, 7) is -0.00211. The number of hydrogen-bond acceptors (Lipinski definition) is 6. The van der Waals surface area contributed by atoms with Crippen molar-refractivity contribution in [2.24, 2.45) is 0 Å². The summed E-state index contributed by atoms with van der Waals surface area (Å²) < 4.78 is 7.36. The molecule has 96 valence electrons. The molecule has 7 nitrogen and oxygen atoms in total. The van der Waals surface area contributed by atoms with Gasteiger partial charge >= 0.3 is 0 Å². The number of halogens is 1. The van der Waals surface area contributed by atoms with E-state index in [9.17, 15) is 0 Å². The van der Waals surface area contributed by atoms with Crippen LogP contribution >= 0.6 is 11.6 Å². The molecule has 3 N–H and O–H groups in total. The maximum absolute atomic E-state index is 9.08. The van der Waals surface area contributed by atoms with Crippen LogP contribution in [0, 0.1) is 0 Å². The minimum atomic E-state index is -0.269. The van der Waals surface area contributed by atoms with E-state index in [-0.39, 0.29) is 30.0 Å². The van der Waals surface area contributed by atoms with E-state index in [1.165, 1.54) is 6.33 Å². The van der Waals surface area contributed by atoms with Crippen molar-refractivity contribution in [3.05, 3.63) is 11.6 Å². The van der Waals surface area contributed by atoms with Gasteiger partial charge < -0.3 is 15.6 Å².